The van der Waals surface area contributed by atoms with Crippen LogP contribution < -0.4 is 9.47 Å². The molecule has 4 nitrogen and oxygen atoms in total. The number of fused-ring (bicyclic) bond motifs is 1. The number of hydrogen-bond donors (Lipinski definition) is 0. The predicted octanol–water partition coefficient (Wildman–Crippen LogP) is 4.15. The Morgan fingerprint density at radius 1 is 1.12 bits per heavy atom. The van der Waals surface area contributed by atoms with Gasteiger partial charge in [-0.2, -0.15) is 0 Å². The number of carbonyl (C=O) groups excluding carboxylic acids is 1. The zero-order valence-electron chi connectivity index (χ0n) is 14.1. The molecule has 0 atom stereocenters. The second-order valence-electron chi connectivity index (χ2n) is 6.79. The van der Waals surface area contributed by atoms with Crippen LogP contribution in [0, 0.1) is 0 Å². The molecule has 0 saturated heterocycles. The van der Waals surface area contributed by atoms with Crippen molar-refractivity contribution in [1.82, 2.24) is 4.90 Å². The van der Waals surface area contributed by atoms with Gasteiger partial charge in [0.1, 0.15) is 0 Å². The second-order valence-corrected chi connectivity index (χ2v) is 7.23. The predicted molar refractivity (Wildman–Crippen MR) is 96.0 cm³/mol. The molecule has 0 bridgehead atoms. The van der Waals surface area contributed by atoms with Crippen molar-refractivity contribution in [2.75, 3.05) is 13.8 Å². The van der Waals surface area contributed by atoms with Crippen LogP contribution in [0.5, 0.6) is 11.5 Å². The van der Waals surface area contributed by atoms with Gasteiger partial charge in [0.25, 0.3) is 0 Å². The first-order valence-corrected chi connectivity index (χ1v) is 8.86. The summed E-state index contributed by atoms with van der Waals surface area (Å²) in [6.45, 7) is 0.804. The summed E-state index contributed by atoms with van der Waals surface area (Å²) in [6.07, 6.45) is 2.85. The summed E-state index contributed by atoms with van der Waals surface area (Å²) in [5, 5.41) is 0.694. The molecule has 1 fully saturated rings. The first-order chi connectivity index (χ1) is 12.1. The number of halogens is 1. The molecule has 2 aliphatic rings. The maximum atomic E-state index is 13.2. The molecule has 25 heavy (non-hydrogen) atoms. The van der Waals surface area contributed by atoms with E-state index in [1.807, 2.05) is 54.4 Å². The SMILES string of the molecule is CN(Cc1ccc2c(c1)OCO2)C(=O)C1(c2ccc(Cl)cc2)CCC1. The first kappa shape index (κ1) is 16.3. The zero-order chi connectivity index (χ0) is 17.4. The number of rotatable bonds is 4. The summed E-state index contributed by atoms with van der Waals surface area (Å²) in [6, 6.07) is 13.5. The molecule has 1 aliphatic heterocycles. The molecular formula is C20H20ClNO3. The summed E-state index contributed by atoms with van der Waals surface area (Å²) in [5.41, 5.74) is 1.69. The number of likely N-dealkylation sites (N-methyl/N-ethyl adjacent to an activating group) is 1. The van der Waals surface area contributed by atoms with Gasteiger partial charge in [0.05, 0.1) is 5.41 Å². The van der Waals surface area contributed by atoms with Crippen LogP contribution in [0.25, 0.3) is 0 Å². The quantitative estimate of drug-likeness (QED) is 0.825. The van der Waals surface area contributed by atoms with Crippen LogP contribution in [0.2, 0.25) is 5.02 Å². The van der Waals surface area contributed by atoms with Crippen molar-refractivity contribution in [3.8, 4) is 11.5 Å². The van der Waals surface area contributed by atoms with Crippen LogP contribution in [0.3, 0.4) is 0 Å². The molecule has 0 radical (unpaired) electrons. The minimum atomic E-state index is -0.407. The standard InChI is InChI=1S/C20H20ClNO3/c1-22(12-14-3-8-17-18(11-14)25-13-24-17)19(23)20(9-2-10-20)15-4-6-16(21)7-5-15/h3-8,11H,2,9-10,12-13H2,1H3. The zero-order valence-corrected chi connectivity index (χ0v) is 14.9. The fraction of sp³-hybridized carbons (Fsp3) is 0.350. The number of amides is 1. The van der Waals surface area contributed by atoms with Crippen molar-refractivity contribution >= 4 is 17.5 Å². The molecule has 1 amide bonds. The van der Waals surface area contributed by atoms with E-state index in [9.17, 15) is 4.79 Å². The van der Waals surface area contributed by atoms with Gasteiger partial charge in [-0.3, -0.25) is 4.79 Å². The normalized spacial score (nSPS) is 17.0. The van der Waals surface area contributed by atoms with E-state index < -0.39 is 5.41 Å². The Kier molecular flexibility index (Phi) is 4.08. The largest absolute Gasteiger partial charge is 0.454 e. The molecule has 2 aromatic carbocycles. The minimum Gasteiger partial charge on any atom is -0.454 e. The minimum absolute atomic E-state index is 0.165. The Morgan fingerprint density at radius 3 is 2.52 bits per heavy atom. The van der Waals surface area contributed by atoms with Gasteiger partial charge in [-0.1, -0.05) is 36.2 Å². The fourth-order valence-electron chi connectivity index (χ4n) is 3.68. The molecule has 0 aromatic heterocycles. The highest BCUT2D eigenvalue weighted by Crippen LogP contribution is 2.45. The third-order valence-electron chi connectivity index (χ3n) is 5.22. The molecule has 0 spiro atoms. The maximum absolute atomic E-state index is 13.2. The average molecular weight is 358 g/mol. The van der Waals surface area contributed by atoms with Crippen molar-refractivity contribution in [2.45, 2.75) is 31.2 Å². The third-order valence-corrected chi connectivity index (χ3v) is 5.47. The van der Waals surface area contributed by atoms with Gasteiger partial charge >= 0.3 is 0 Å². The lowest BCUT2D eigenvalue weighted by atomic mass is 9.63. The van der Waals surface area contributed by atoms with E-state index in [0.29, 0.717) is 11.6 Å². The molecule has 1 heterocycles. The van der Waals surface area contributed by atoms with Crippen LogP contribution in [0.15, 0.2) is 42.5 Å². The molecule has 5 heteroatoms. The van der Waals surface area contributed by atoms with Gasteiger partial charge < -0.3 is 14.4 Å². The number of nitrogens with zero attached hydrogens (tertiary/aromatic N) is 1. The van der Waals surface area contributed by atoms with Crippen LogP contribution in [-0.4, -0.2) is 24.6 Å². The molecule has 4 rings (SSSR count). The van der Waals surface area contributed by atoms with E-state index in [2.05, 4.69) is 0 Å². The van der Waals surface area contributed by atoms with Gasteiger partial charge in [0.2, 0.25) is 12.7 Å². The molecule has 1 saturated carbocycles. The Labute approximate surface area is 152 Å². The molecule has 1 aliphatic carbocycles. The van der Waals surface area contributed by atoms with Crippen molar-refractivity contribution in [3.63, 3.8) is 0 Å². The van der Waals surface area contributed by atoms with Crippen LogP contribution in [-0.2, 0) is 16.8 Å². The van der Waals surface area contributed by atoms with E-state index in [1.165, 1.54) is 0 Å². The number of hydrogen-bond acceptors (Lipinski definition) is 3. The monoisotopic (exact) mass is 357 g/mol. The molecular weight excluding hydrogens is 338 g/mol. The lowest BCUT2D eigenvalue weighted by Gasteiger charge is -2.43. The van der Waals surface area contributed by atoms with Crippen LogP contribution in [0.1, 0.15) is 30.4 Å². The Morgan fingerprint density at radius 2 is 1.84 bits per heavy atom. The van der Waals surface area contributed by atoms with Gasteiger partial charge in [0, 0.05) is 18.6 Å². The number of ether oxygens (including phenoxy) is 2. The molecule has 0 unspecified atom stereocenters. The number of carbonyl (C=O) groups is 1. The Hall–Kier alpha value is -2.20. The lowest BCUT2D eigenvalue weighted by Crippen LogP contribution is -2.49. The Bertz CT molecular complexity index is 799. The van der Waals surface area contributed by atoms with E-state index in [0.717, 1.165) is 41.9 Å². The van der Waals surface area contributed by atoms with Gasteiger partial charge in [0.15, 0.2) is 11.5 Å². The van der Waals surface area contributed by atoms with E-state index in [1.54, 1.807) is 0 Å². The second kappa shape index (κ2) is 6.26. The Balaban J connectivity index is 1.53. The number of benzene rings is 2. The lowest BCUT2D eigenvalue weighted by molar-refractivity contribution is -0.140. The van der Waals surface area contributed by atoms with E-state index in [-0.39, 0.29) is 12.7 Å². The summed E-state index contributed by atoms with van der Waals surface area (Å²) in [4.78, 5) is 15.0. The average Bonchev–Trinajstić information content (AvgIpc) is 3.03. The summed E-state index contributed by atoms with van der Waals surface area (Å²) in [5.74, 6) is 1.67. The van der Waals surface area contributed by atoms with E-state index in [4.69, 9.17) is 21.1 Å². The first-order valence-electron chi connectivity index (χ1n) is 8.49. The summed E-state index contributed by atoms with van der Waals surface area (Å²) < 4.78 is 10.8. The van der Waals surface area contributed by atoms with Crippen molar-refractivity contribution in [3.05, 3.63) is 58.6 Å². The third kappa shape index (κ3) is 2.85. The highest BCUT2D eigenvalue weighted by atomic mass is 35.5. The van der Waals surface area contributed by atoms with Crippen LogP contribution in [0.4, 0.5) is 0 Å². The topological polar surface area (TPSA) is 38.8 Å². The fourth-order valence-corrected chi connectivity index (χ4v) is 3.80. The van der Waals surface area contributed by atoms with Crippen molar-refractivity contribution in [1.29, 1.82) is 0 Å². The van der Waals surface area contributed by atoms with Crippen LogP contribution >= 0.6 is 11.6 Å². The molecule has 2 aromatic rings. The summed E-state index contributed by atoms with van der Waals surface area (Å²) in [7, 11) is 1.86. The molecule has 130 valence electrons. The maximum Gasteiger partial charge on any atom is 0.233 e. The van der Waals surface area contributed by atoms with Gasteiger partial charge in [-0.25, -0.2) is 0 Å². The summed E-state index contributed by atoms with van der Waals surface area (Å²) >= 11 is 6.00. The van der Waals surface area contributed by atoms with E-state index >= 15 is 0 Å². The smallest absolute Gasteiger partial charge is 0.233 e. The highest BCUT2D eigenvalue weighted by molar-refractivity contribution is 6.30. The van der Waals surface area contributed by atoms with Crippen molar-refractivity contribution in [2.24, 2.45) is 0 Å². The van der Waals surface area contributed by atoms with Gasteiger partial charge in [-0.15, -0.1) is 0 Å². The highest BCUT2D eigenvalue weighted by Gasteiger charge is 2.46. The van der Waals surface area contributed by atoms with Gasteiger partial charge in [-0.05, 0) is 48.2 Å². The van der Waals surface area contributed by atoms with Crippen molar-refractivity contribution < 1.29 is 14.3 Å². The molecule has 0 N–H and O–H groups in total.